The van der Waals surface area contributed by atoms with Crippen LogP contribution >= 0.6 is 7.94 Å². The van der Waals surface area contributed by atoms with Gasteiger partial charge in [-0.1, -0.05) is 0 Å². The first-order chi connectivity index (χ1) is 6.04. The molecule has 0 fully saturated rings. The van der Waals surface area contributed by atoms with Gasteiger partial charge in [-0.15, -0.1) is 0 Å². The summed E-state index contributed by atoms with van der Waals surface area (Å²) in [5, 5.41) is 7.75. The van der Waals surface area contributed by atoms with E-state index in [1.807, 2.05) is 13.8 Å². The molecule has 84 valence electrons. The van der Waals surface area contributed by atoms with Crippen LogP contribution in [0.5, 0.6) is 0 Å². The van der Waals surface area contributed by atoms with Gasteiger partial charge in [0.1, 0.15) is 0 Å². The molecule has 0 aliphatic rings. The third-order valence-electron chi connectivity index (χ3n) is 0.953. The van der Waals surface area contributed by atoms with E-state index in [4.69, 9.17) is 19.9 Å². The molecule has 13 heavy (non-hydrogen) atoms. The summed E-state index contributed by atoms with van der Waals surface area (Å²) in [5.74, 6) is 0. The fraction of sp³-hybridized carbons (Fsp3) is 1.00. The first-order valence-electron chi connectivity index (χ1n) is 4.35. The minimum Gasteiger partial charge on any atom is -0.395 e. The molecule has 0 aliphatic carbocycles. The normalized spacial score (nSPS) is 11.8. The largest absolute Gasteiger partial charge is 0.395 e. The van der Waals surface area contributed by atoms with Crippen molar-refractivity contribution in [1.29, 1.82) is 0 Å². The van der Waals surface area contributed by atoms with Crippen molar-refractivity contribution in [3.63, 3.8) is 0 Å². The second kappa shape index (κ2) is 10.3. The van der Waals surface area contributed by atoms with E-state index in [1.165, 1.54) is 0 Å². The van der Waals surface area contributed by atoms with Crippen molar-refractivity contribution in [3.05, 3.63) is 0 Å². The fourth-order valence-electron chi connectivity index (χ4n) is 0.577. The Morgan fingerprint density at radius 2 is 1.54 bits per heavy atom. The van der Waals surface area contributed by atoms with Crippen LogP contribution in [0.25, 0.3) is 0 Å². The third kappa shape index (κ3) is 15.0. The molecule has 0 saturated carbocycles. The van der Waals surface area contributed by atoms with Crippen LogP contribution in [0.3, 0.4) is 0 Å². The van der Waals surface area contributed by atoms with Gasteiger partial charge in [-0.25, -0.2) is 0 Å². The topological polar surface area (TPSA) is 84.9 Å². The van der Waals surface area contributed by atoms with Gasteiger partial charge in [0, 0.05) is 6.54 Å². The Bertz CT molecular complexity index is 92.5. The summed E-state index contributed by atoms with van der Waals surface area (Å²) < 4.78 is 9.88. The van der Waals surface area contributed by atoms with E-state index in [1.54, 1.807) is 6.66 Å². The molecule has 0 saturated heterocycles. The second-order valence-electron chi connectivity index (χ2n) is 2.28. The van der Waals surface area contributed by atoms with Crippen molar-refractivity contribution in [2.24, 2.45) is 5.73 Å². The van der Waals surface area contributed by atoms with Crippen LogP contribution in [0.15, 0.2) is 0 Å². The van der Waals surface area contributed by atoms with E-state index in [9.17, 15) is 4.89 Å². The summed E-state index contributed by atoms with van der Waals surface area (Å²) in [6.07, 6.45) is 0. The molecular formula is C7H22NO4P. The molecule has 0 spiro atoms. The van der Waals surface area contributed by atoms with Crippen LogP contribution in [0, 0.1) is 0 Å². The fourth-order valence-corrected chi connectivity index (χ4v) is 1.73. The van der Waals surface area contributed by atoms with Gasteiger partial charge < -0.3 is 10.8 Å². The Morgan fingerprint density at radius 3 is 1.69 bits per heavy atom. The molecule has 0 atom stereocenters. The van der Waals surface area contributed by atoms with Crippen molar-refractivity contribution in [1.82, 2.24) is 0 Å². The first kappa shape index (κ1) is 15.7. The van der Waals surface area contributed by atoms with Crippen molar-refractivity contribution >= 4 is 7.94 Å². The van der Waals surface area contributed by atoms with E-state index in [-0.39, 0.29) is 6.61 Å². The summed E-state index contributed by atoms with van der Waals surface area (Å²) >= 11 is 0. The molecular weight excluding hydrogens is 193 g/mol. The summed E-state index contributed by atoms with van der Waals surface area (Å²) in [7, 11) is -2.70. The first-order valence-corrected chi connectivity index (χ1v) is 6.61. The molecule has 0 radical (unpaired) electrons. The van der Waals surface area contributed by atoms with E-state index in [0.29, 0.717) is 19.8 Å². The molecule has 0 aromatic carbocycles. The van der Waals surface area contributed by atoms with Crippen LogP contribution < -0.4 is 5.73 Å². The number of aliphatic hydroxyl groups is 1. The van der Waals surface area contributed by atoms with Crippen LogP contribution in [0.4, 0.5) is 0 Å². The van der Waals surface area contributed by atoms with Gasteiger partial charge in [0.2, 0.25) is 0 Å². The van der Waals surface area contributed by atoms with E-state index in [0.717, 1.165) is 0 Å². The van der Waals surface area contributed by atoms with Gasteiger partial charge in [-0.05, 0) is 0 Å². The molecule has 0 aliphatic heterocycles. The van der Waals surface area contributed by atoms with Crippen LogP contribution in [-0.4, -0.2) is 43.0 Å². The molecule has 5 nitrogen and oxygen atoms in total. The van der Waals surface area contributed by atoms with Crippen molar-refractivity contribution in [2.45, 2.75) is 13.8 Å². The maximum Gasteiger partial charge on any atom is 0.0553 e. The number of rotatable bonds is 5. The van der Waals surface area contributed by atoms with Crippen molar-refractivity contribution in [3.8, 4) is 0 Å². The standard InChI is InChI=1S/C5H15O3P.C2H7NO/c1-4-7-9(3,6)8-5-2;3-1-2-4/h6,9H,4-5H2,1-3H3;4H,1-3H2. The zero-order chi connectivity index (χ0) is 10.7. The van der Waals surface area contributed by atoms with Crippen LogP contribution in [0.2, 0.25) is 0 Å². The van der Waals surface area contributed by atoms with E-state index in [2.05, 4.69) is 0 Å². The zero-order valence-electron chi connectivity index (χ0n) is 8.62. The number of aliphatic hydroxyl groups excluding tert-OH is 1. The number of hydrogen-bond acceptors (Lipinski definition) is 5. The van der Waals surface area contributed by atoms with Crippen LogP contribution in [-0.2, 0) is 9.05 Å². The SMILES string of the molecule is CCO[PH](C)(O)OCC.NCCO. The average molecular weight is 215 g/mol. The Hall–Kier alpha value is 0.230. The smallest absolute Gasteiger partial charge is 0.0553 e. The predicted octanol–water partition coefficient (Wildman–Crippen LogP) is 0.114. The molecule has 0 rings (SSSR count). The maximum atomic E-state index is 9.21. The van der Waals surface area contributed by atoms with Gasteiger partial charge in [-0.2, -0.15) is 0 Å². The van der Waals surface area contributed by atoms with Gasteiger partial charge in [0.05, 0.1) is 6.61 Å². The summed E-state index contributed by atoms with van der Waals surface area (Å²) in [6, 6.07) is 0. The van der Waals surface area contributed by atoms with Crippen molar-refractivity contribution in [2.75, 3.05) is 33.0 Å². The minimum atomic E-state index is -2.70. The van der Waals surface area contributed by atoms with Crippen molar-refractivity contribution < 1.29 is 19.0 Å². The average Bonchev–Trinajstić information content (AvgIpc) is 2.04. The summed E-state index contributed by atoms with van der Waals surface area (Å²) in [5.41, 5.74) is 4.78. The third-order valence-corrected chi connectivity index (χ3v) is 2.60. The Labute approximate surface area is 80.4 Å². The Kier molecular flexibility index (Phi) is 12.4. The molecule has 0 heterocycles. The van der Waals surface area contributed by atoms with E-state index >= 15 is 0 Å². The second-order valence-corrected chi connectivity index (χ2v) is 4.65. The van der Waals surface area contributed by atoms with Gasteiger partial charge in [0.25, 0.3) is 0 Å². The van der Waals surface area contributed by atoms with Gasteiger partial charge in [-0.3, -0.25) is 0 Å². The van der Waals surface area contributed by atoms with Crippen LogP contribution in [0.1, 0.15) is 13.8 Å². The Balaban J connectivity index is 0. The molecule has 0 aromatic heterocycles. The number of nitrogens with two attached hydrogens (primary N) is 1. The molecule has 0 bridgehead atoms. The monoisotopic (exact) mass is 215 g/mol. The van der Waals surface area contributed by atoms with Gasteiger partial charge in [0.15, 0.2) is 0 Å². The zero-order valence-corrected chi connectivity index (χ0v) is 9.62. The van der Waals surface area contributed by atoms with Gasteiger partial charge >= 0.3 is 55.6 Å². The minimum absolute atomic E-state index is 0.0972. The quantitative estimate of drug-likeness (QED) is 0.567. The predicted molar refractivity (Wildman–Crippen MR) is 55.9 cm³/mol. The molecule has 0 unspecified atom stereocenters. The summed E-state index contributed by atoms with van der Waals surface area (Å²) in [4.78, 5) is 9.21. The Morgan fingerprint density at radius 1 is 1.23 bits per heavy atom. The molecule has 0 amide bonds. The summed E-state index contributed by atoms with van der Waals surface area (Å²) in [6.45, 7) is 6.78. The number of hydrogen-bond donors (Lipinski definition) is 3. The molecule has 6 heteroatoms. The molecule has 0 aromatic rings. The maximum absolute atomic E-state index is 9.21. The van der Waals surface area contributed by atoms with E-state index < -0.39 is 7.94 Å². The molecule has 4 N–H and O–H groups in total.